The van der Waals surface area contributed by atoms with Crippen LogP contribution in [0.15, 0.2) is 77.5 Å². The number of para-hydroxylation sites is 1. The summed E-state index contributed by atoms with van der Waals surface area (Å²) < 4.78 is 40.1. The van der Waals surface area contributed by atoms with Gasteiger partial charge < -0.3 is 0 Å². The second-order valence-corrected chi connectivity index (χ2v) is 7.87. The summed E-state index contributed by atoms with van der Waals surface area (Å²) in [5, 5.41) is 1.24. The summed E-state index contributed by atoms with van der Waals surface area (Å²) in [6, 6.07) is 14.8. The number of nitrogens with two attached hydrogens (primary N) is 1. The Hall–Kier alpha value is -3.43. The molecule has 0 atom stereocenters. The van der Waals surface area contributed by atoms with E-state index in [2.05, 4.69) is 15.4 Å². The van der Waals surface area contributed by atoms with Crippen molar-refractivity contribution < 1.29 is 18.0 Å². The van der Waals surface area contributed by atoms with E-state index in [1.807, 2.05) is 24.3 Å². The van der Waals surface area contributed by atoms with E-state index in [0.717, 1.165) is 22.5 Å². The summed E-state index contributed by atoms with van der Waals surface area (Å²) in [5.41, 5.74) is 3.15. The lowest BCUT2D eigenvalue weighted by Gasteiger charge is -2.12. The van der Waals surface area contributed by atoms with Gasteiger partial charge in [0.25, 0.3) is 5.91 Å². The van der Waals surface area contributed by atoms with Crippen molar-refractivity contribution in [2.75, 3.05) is 5.75 Å². The minimum Gasteiger partial charge on any atom is -0.290 e. The number of rotatable bonds is 5. The maximum Gasteiger partial charge on any atom is 0.418 e. The lowest BCUT2D eigenvalue weighted by Crippen LogP contribution is -2.32. The fourth-order valence-corrected chi connectivity index (χ4v) is 4.37. The minimum atomic E-state index is -4.51. The number of hydrazine groups is 1. The fraction of sp³-hybridized carbons (Fsp3) is 0.0870. The molecule has 0 aliphatic heterocycles. The highest BCUT2D eigenvalue weighted by atomic mass is 32.2. The predicted molar refractivity (Wildman–Crippen MR) is 120 cm³/mol. The lowest BCUT2D eigenvalue weighted by molar-refractivity contribution is -0.136. The summed E-state index contributed by atoms with van der Waals surface area (Å²) in [6.45, 7) is 0. The molecule has 1 amide bonds. The van der Waals surface area contributed by atoms with Gasteiger partial charge in [0.2, 0.25) is 0 Å². The van der Waals surface area contributed by atoms with Crippen molar-refractivity contribution in [1.82, 2.24) is 15.4 Å². The molecule has 2 aromatic heterocycles. The molecule has 0 unspecified atom stereocenters. The number of carbonyl (C=O) groups is 1. The molecule has 0 radical (unpaired) electrons. The van der Waals surface area contributed by atoms with Gasteiger partial charge in [0.15, 0.2) is 0 Å². The third kappa shape index (κ3) is 4.44. The second-order valence-electron chi connectivity index (χ2n) is 6.86. The Morgan fingerprint density at radius 3 is 2.56 bits per heavy atom. The molecule has 0 aliphatic carbocycles. The molecule has 2 aromatic carbocycles. The highest BCUT2D eigenvalue weighted by Crippen LogP contribution is 2.37. The zero-order valence-electron chi connectivity index (χ0n) is 16.6. The molecule has 5 nitrogen and oxygen atoms in total. The molecule has 4 rings (SSSR count). The zero-order valence-corrected chi connectivity index (χ0v) is 17.4. The van der Waals surface area contributed by atoms with Crippen LogP contribution in [-0.2, 0) is 11.0 Å². The Kier molecular flexibility index (Phi) is 6.11. The summed E-state index contributed by atoms with van der Waals surface area (Å²) >= 11 is 1.24. The number of halogens is 3. The van der Waals surface area contributed by atoms with Crippen LogP contribution in [0, 0.1) is 0 Å². The smallest absolute Gasteiger partial charge is 0.290 e. The highest BCUT2D eigenvalue weighted by Gasteiger charge is 2.33. The number of benzene rings is 2. The number of amides is 1. The van der Waals surface area contributed by atoms with Crippen LogP contribution in [0.2, 0.25) is 0 Å². The number of thioether (sulfide) groups is 1. The van der Waals surface area contributed by atoms with Crippen LogP contribution < -0.4 is 11.3 Å². The van der Waals surface area contributed by atoms with Crippen LogP contribution in [0.3, 0.4) is 0 Å². The van der Waals surface area contributed by atoms with E-state index in [9.17, 15) is 18.0 Å². The number of aromatic nitrogens is 2. The molecule has 0 saturated carbocycles. The number of nitrogens with one attached hydrogen (secondary N) is 1. The van der Waals surface area contributed by atoms with E-state index < -0.39 is 17.6 Å². The monoisotopic (exact) mass is 454 g/mol. The number of fused-ring (bicyclic) bond motifs is 2. The maximum absolute atomic E-state index is 13.4. The van der Waals surface area contributed by atoms with Gasteiger partial charge >= 0.3 is 6.18 Å². The van der Waals surface area contributed by atoms with Gasteiger partial charge in [0.05, 0.1) is 16.6 Å². The van der Waals surface area contributed by atoms with Crippen molar-refractivity contribution in [3.8, 4) is 0 Å². The quantitative estimate of drug-likeness (QED) is 0.146. The summed E-state index contributed by atoms with van der Waals surface area (Å²) in [7, 11) is 0. The Morgan fingerprint density at radius 2 is 1.78 bits per heavy atom. The molecule has 9 heteroatoms. The van der Waals surface area contributed by atoms with E-state index in [0.29, 0.717) is 15.9 Å². The summed E-state index contributed by atoms with van der Waals surface area (Å²) in [4.78, 5) is 21.3. The molecule has 3 N–H and O–H groups in total. The molecule has 0 bridgehead atoms. The standard InChI is InChI=1S/C23H17F3N4OS/c24-23(25,26)18-7-2-5-17-20(9-11-29-21(17)18)32-13-15(22(31)30-27)12-14-4-1-8-19-16(14)6-3-10-28-19/h1-12H,13,27H2,(H,30,31). The van der Waals surface area contributed by atoms with Crippen LogP contribution in [0.25, 0.3) is 27.9 Å². The minimum absolute atomic E-state index is 0.126. The van der Waals surface area contributed by atoms with E-state index in [4.69, 9.17) is 5.84 Å². The molecule has 0 aliphatic rings. The number of pyridine rings is 2. The van der Waals surface area contributed by atoms with Crippen molar-refractivity contribution in [3.63, 3.8) is 0 Å². The summed E-state index contributed by atoms with van der Waals surface area (Å²) in [6.07, 6.45) is 0.220. The van der Waals surface area contributed by atoms with Crippen molar-refractivity contribution in [2.45, 2.75) is 11.1 Å². The number of hydrogen-bond acceptors (Lipinski definition) is 5. The van der Waals surface area contributed by atoms with Crippen LogP contribution in [0.4, 0.5) is 13.2 Å². The lowest BCUT2D eigenvalue weighted by atomic mass is 10.1. The number of alkyl halides is 3. The number of nitrogens with zero attached hydrogens (tertiary/aromatic N) is 2. The van der Waals surface area contributed by atoms with Gasteiger partial charge in [-0.15, -0.1) is 11.8 Å². The molecular formula is C23H17F3N4OS. The predicted octanol–water partition coefficient (Wildman–Crippen LogP) is 4.97. The summed E-state index contributed by atoms with van der Waals surface area (Å²) in [5.74, 6) is 5.08. The molecule has 32 heavy (non-hydrogen) atoms. The van der Waals surface area contributed by atoms with Gasteiger partial charge in [-0.05, 0) is 35.9 Å². The van der Waals surface area contributed by atoms with Crippen LogP contribution in [0.1, 0.15) is 11.1 Å². The molecule has 162 valence electrons. The zero-order chi connectivity index (χ0) is 22.7. The van der Waals surface area contributed by atoms with E-state index >= 15 is 0 Å². The van der Waals surface area contributed by atoms with Gasteiger partial charge in [0.1, 0.15) is 0 Å². The third-order valence-corrected chi connectivity index (χ3v) is 5.97. The first kappa shape index (κ1) is 21.8. The normalized spacial score (nSPS) is 12.3. The average molecular weight is 454 g/mol. The van der Waals surface area contributed by atoms with Crippen LogP contribution in [-0.4, -0.2) is 21.6 Å². The second kappa shape index (κ2) is 8.97. The van der Waals surface area contributed by atoms with Crippen LogP contribution in [0.5, 0.6) is 0 Å². The van der Waals surface area contributed by atoms with Gasteiger partial charge in [-0.3, -0.25) is 20.2 Å². The number of carbonyl (C=O) groups excluding carboxylic acids is 1. The van der Waals surface area contributed by atoms with Gasteiger partial charge in [-0.2, -0.15) is 13.2 Å². The molecule has 0 spiro atoms. The third-order valence-electron chi connectivity index (χ3n) is 4.85. The van der Waals surface area contributed by atoms with E-state index in [1.54, 1.807) is 30.5 Å². The molecule has 0 saturated heterocycles. The Labute approximate surface area is 185 Å². The first-order valence-corrected chi connectivity index (χ1v) is 10.5. The molecule has 2 heterocycles. The molecule has 4 aromatic rings. The maximum atomic E-state index is 13.4. The van der Waals surface area contributed by atoms with Crippen molar-refractivity contribution in [3.05, 3.63) is 83.7 Å². The van der Waals surface area contributed by atoms with Crippen LogP contribution >= 0.6 is 11.8 Å². The topological polar surface area (TPSA) is 80.9 Å². The van der Waals surface area contributed by atoms with E-state index in [-0.39, 0.29) is 11.3 Å². The molecule has 0 fully saturated rings. The first-order valence-electron chi connectivity index (χ1n) is 9.51. The fourth-order valence-electron chi connectivity index (χ4n) is 3.37. The Morgan fingerprint density at radius 1 is 1.00 bits per heavy atom. The highest BCUT2D eigenvalue weighted by molar-refractivity contribution is 7.99. The van der Waals surface area contributed by atoms with Gasteiger partial charge in [0, 0.05) is 39.4 Å². The number of hydrogen-bond donors (Lipinski definition) is 2. The largest absolute Gasteiger partial charge is 0.418 e. The van der Waals surface area contributed by atoms with Gasteiger partial charge in [-0.1, -0.05) is 30.3 Å². The SMILES string of the molecule is NNC(=O)C(=Cc1cccc2ncccc12)CSc1ccnc2c(C(F)(F)F)cccc12. The molecular weight excluding hydrogens is 437 g/mol. The van der Waals surface area contributed by atoms with Gasteiger partial charge in [-0.25, -0.2) is 5.84 Å². The van der Waals surface area contributed by atoms with E-state index in [1.165, 1.54) is 24.0 Å². The van der Waals surface area contributed by atoms with Crippen molar-refractivity contribution in [2.24, 2.45) is 5.84 Å². The Bertz CT molecular complexity index is 1330. The average Bonchev–Trinajstić information content (AvgIpc) is 2.80. The van der Waals surface area contributed by atoms with Crippen molar-refractivity contribution >= 4 is 45.6 Å². The van der Waals surface area contributed by atoms with Crippen molar-refractivity contribution in [1.29, 1.82) is 0 Å². The Balaban J connectivity index is 1.71. The first-order chi connectivity index (χ1) is 15.4.